The van der Waals surface area contributed by atoms with Gasteiger partial charge in [0.1, 0.15) is 5.75 Å². The molecule has 0 saturated carbocycles. The number of aryl methyl sites for hydroxylation is 1. The molecule has 0 saturated heterocycles. The molecule has 3 aromatic rings. The number of rotatable bonds is 7. The number of amides is 1. The zero-order chi connectivity index (χ0) is 19.2. The average Bonchev–Trinajstić information content (AvgIpc) is 3.15. The van der Waals surface area contributed by atoms with Gasteiger partial charge in [-0.25, -0.2) is 4.98 Å². The number of carbonyl (C=O) groups is 1. The van der Waals surface area contributed by atoms with Crippen molar-refractivity contribution in [1.29, 1.82) is 0 Å². The van der Waals surface area contributed by atoms with Gasteiger partial charge in [-0.15, -0.1) is 5.10 Å². The fourth-order valence-corrected chi connectivity index (χ4v) is 3.28. The number of ether oxygens (including phenoxy) is 1. The first-order chi connectivity index (χ1) is 13.1. The Morgan fingerprint density at radius 2 is 1.96 bits per heavy atom. The summed E-state index contributed by atoms with van der Waals surface area (Å²) < 4.78 is 5.31. The Morgan fingerprint density at radius 3 is 2.70 bits per heavy atom. The molecule has 1 amide bonds. The number of aromatic amines is 1. The van der Waals surface area contributed by atoms with E-state index in [0.29, 0.717) is 17.5 Å². The van der Waals surface area contributed by atoms with Crippen LogP contribution in [-0.4, -0.2) is 33.4 Å². The molecule has 1 atom stereocenters. The van der Waals surface area contributed by atoms with E-state index in [1.165, 1.54) is 17.3 Å². The van der Waals surface area contributed by atoms with Gasteiger partial charge >= 0.3 is 0 Å². The number of benzene rings is 2. The lowest BCUT2D eigenvalue weighted by atomic mass is 10.1. The van der Waals surface area contributed by atoms with Gasteiger partial charge < -0.3 is 10.1 Å². The van der Waals surface area contributed by atoms with Crippen LogP contribution in [0.1, 0.15) is 18.1 Å². The Labute approximate surface area is 162 Å². The molecule has 140 valence electrons. The molecule has 0 radical (unpaired) electrons. The minimum Gasteiger partial charge on any atom is -0.496 e. The summed E-state index contributed by atoms with van der Waals surface area (Å²) >= 11 is 1.32. The molecule has 1 heterocycles. The number of thioether (sulfide) groups is 1. The summed E-state index contributed by atoms with van der Waals surface area (Å²) in [6.45, 7) is 4.29. The van der Waals surface area contributed by atoms with E-state index in [1.807, 2.05) is 62.4 Å². The maximum Gasteiger partial charge on any atom is 0.233 e. The van der Waals surface area contributed by atoms with Crippen molar-refractivity contribution in [1.82, 2.24) is 20.5 Å². The van der Waals surface area contributed by atoms with E-state index in [4.69, 9.17) is 4.74 Å². The Kier molecular flexibility index (Phi) is 6.13. The summed E-state index contributed by atoms with van der Waals surface area (Å²) in [4.78, 5) is 16.9. The first-order valence-electron chi connectivity index (χ1n) is 8.62. The third-order valence-corrected chi connectivity index (χ3v) is 5.05. The van der Waals surface area contributed by atoms with Gasteiger partial charge in [0.2, 0.25) is 11.1 Å². The van der Waals surface area contributed by atoms with Crippen LogP contribution in [0.5, 0.6) is 5.75 Å². The average molecular weight is 382 g/mol. The number of carbonyl (C=O) groups excluding carboxylic acids is 1. The van der Waals surface area contributed by atoms with Gasteiger partial charge in [-0.3, -0.25) is 9.89 Å². The molecule has 0 fully saturated rings. The van der Waals surface area contributed by atoms with Crippen molar-refractivity contribution < 1.29 is 9.53 Å². The molecule has 0 bridgehead atoms. The zero-order valence-corrected chi connectivity index (χ0v) is 16.3. The van der Waals surface area contributed by atoms with E-state index in [0.717, 1.165) is 16.9 Å². The van der Waals surface area contributed by atoms with Crippen molar-refractivity contribution in [3.8, 4) is 17.1 Å². The predicted molar refractivity (Wildman–Crippen MR) is 107 cm³/mol. The van der Waals surface area contributed by atoms with Crippen LogP contribution >= 0.6 is 11.8 Å². The molecule has 27 heavy (non-hydrogen) atoms. The van der Waals surface area contributed by atoms with Crippen LogP contribution < -0.4 is 10.1 Å². The molecule has 0 aliphatic rings. The molecular weight excluding hydrogens is 360 g/mol. The number of para-hydroxylation sites is 1. The molecule has 0 aliphatic heterocycles. The van der Waals surface area contributed by atoms with Crippen molar-refractivity contribution in [3.63, 3.8) is 0 Å². The van der Waals surface area contributed by atoms with E-state index in [9.17, 15) is 4.79 Å². The summed E-state index contributed by atoms with van der Waals surface area (Å²) in [5, 5.41) is 10.3. The van der Waals surface area contributed by atoms with Gasteiger partial charge in [-0.1, -0.05) is 59.8 Å². The lowest BCUT2D eigenvalue weighted by Crippen LogP contribution is -2.30. The maximum absolute atomic E-state index is 12.4. The van der Waals surface area contributed by atoms with Gasteiger partial charge in [0.05, 0.1) is 12.4 Å². The van der Waals surface area contributed by atoms with Gasteiger partial charge in [-0.2, -0.15) is 0 Å². The van der Waals surface area contributed by atoms with Crippen LogP contribution in [-0.2, 0) is 11.3 Å². The van der Waals surface area contributed by atoms with Gasteiger partial charge in [0, 0.05) is 17.7 Å². The van der Waals surface area contributed by atoms with Crippen molar-refractivity contribution >= 4 is 17.7 Å². The van der Waals surface area contributed by atoms with Crippen molar-refractivity contribution in [2.24, 2.45) is 0 Å². The van der Waals surface area contributed by atoms with E-state index in [-0.39, 0.29) is 11.2 Å². The molecular formula is C20H22N4O2S. The number of H-pyrrole nitrogens is 1. The monoisotopic (exact) mass is 382 g/mol. The second-order valence-corrected chi connectivity index (χ2v) is 7.43. The number of hydrogen-bond acceptors (Lipinski definition) is 5. The highest BCUT2D eigenvalue weighted by Crippen LogP contribution is 2.23. The van der Waals surface area contributed by atoms with E-state index < -0.39 is 0 Å². The molecule has 0 aliphatic carbocycles. The Hall–Kier alpha value is -2.80. The third kappa shape index (κ3) is 4.89. The zero-order valence-electron chi connectivity index (χ0n) is 15.5. The Balaban J connectivity index is 1.57. The smallest absolute Gasteiger partial charge is 0.233 e. The highest BCUT2D eigenvalue weighted by Gasteiger charge is 2.17. The van der Waals surface area contributed by atoms with Crippen LogP contribution in [0, 0.1) is 6.92 Å². The van der Waals surface area contributed by atoms with Gasteiger partial charge in [0.25, 0.3) is 0 Å². The Morgan fingerprint density at radius 1 is 1.22 bits per heavy atom. The lowest BCUT2D eigenvalue weighted by Gasteiger charge is -2.12. The molecule has 2 N–H and O–H groups in total. The largest absolute Gasteiger partial charge is 0.496 e. The topological polar surface area (TPSA) is 79.9 Å². The normalized spacial score (nSPS) is 11.8. The summed E-state index contributed by atoms with van der Waals surface area (Å²) in [6, 6.07) is 15.7. The minimum atomic E-state index is -0.318. The quantitative estimate of drug-likeness (QED) is 0.611. The molecule has 7 heteroatoms. The molecule has 3 rings (SSSR count). The molecule has 2 aromatic carbocycles. The summed E-state index contributed by atoms with van der Waals surface area (Å²) in [5.41, 5.74) is 3.09. The number of hydrogen-bond donors (Lipinski definition) is 2. The summed E-state index contributed by atoms with van der Waals surface area (Å²) in [6.07, 6.45) is 0. The molecule has 0 spiro atoms. The summed E-state index contributed by atoms with van der Waals surface area (Å²) in [7, 11) is 1.62. The lowest BCUT2D eigenvalue weighted by molar-refractivity contribution is -0.120. The fraction of sp³-hybridized carbons (Fsp3) is 0.250. The fourth-order valence-electron chi connectivity index (χ4n) is 2.53. The second-order valence-electron chi connectivity index (χ2n) is 6.12. The van der Waals surface area contributed by atoms with Crippen molar-refractivity contribution in [3.05, 3.63) is 59.7 Å². The first kappa shape index (κ1) is 19.0. The van der Waals surface area contributed by atoms with Crippen LogP contribution in [0.15, 0.2) is 53.7 Å². The Bertz CT molecular complexity index is 908. The van der Waals surface area contributed by atoms with Crippen LogP contribution in [0.3, 0.4) is 0 Å². The van der Waals surface area contributed by atoms with E-state index in [1.54, 1.807) is 7.11 Å². The number of nitrogens with one attached hydrogen (secondary N) is 2. The predicted octanol–water partition coefficient (Wildman–Crippen LogP) is 3.59. The number of methoxy groups -OCH3 is 1. The second kappa shape index (κ2) is 8.73. The summed E-state index contributed by atoms with van der Waals surface area (Å²) in [5.74, 6) is 1.38. The number of aromatic nitrogens is 3. The van der Waals surface area contributed by atoms with Crippen molar-refractivity contribution in [2.45, 2.75) is 30.8 Å². The standard InChI is InChI=1S/C20H22N4O2S/c1-13-8-10-15(11-9-13)18-22-20(24-23-18)27-14(2)19(25)21-12-16-6-4-5-7-17(16)26-3/h4-11,14H,12H2,1-3H3,(H,21,25)(H,22,23,24)/t14-/m0/s1. The van der Waals surface area contributed by atoms with Crippen LogP contribution in [0.4, 0.5) is 0 Å². The van der Waals surface area contributed by atoms with Gasteiger partial charge in [0.15, 0.2) is 5.82 Å². The van der Waals surface area contributed by atoms with Crippen molar-refractivity contribution in [2.75, 3.05) is 7.11 Å². The highest BCUT2D eigenvalue weighted by atomic mass is 32.2. The third-order valence-electron chi connectivity index (χ3n) is 4.09. The minimum absolute atomic E-state index is 0.0763. The van der Waals surface area contributed by atoms with E-state index in [2.05, 4.69) is 20.5 Å². The van der Waals surface area contributed by atoms with Crippen LogP contribution in [0.25, 0.3) is 11.4 Å². The SMILES string of the molecule is COc1ccccc1CNC(=O)[C@H](C)Sc1n[nH]c(-c2ccc(C)cc2)n1. The molecule has 6 nitrogen and oxygen atoms in total. The van der Waals surface area contributed by atoms with Gasteiger partial charge in [-0.05, 0) is 19.9 Å². The molecule has 1 aromatic heterocycles. The van der Waals surface area contributed by atoms with E-state index >= 15 is 0 Å². The maximum atomic E-state index is 12.4. The number of nitrogens with zero attached hydrogens (tertiary/aromatic N) is 2. The first-order valence-corrected chi connectivity index (χ1v) is 9.50. The van der Waals surface area contributed by atoms with Crippen LogP contribution in [0.2, 0.25) is 0 Å². The highest BCUT2D eigenvalue weighted by molar-refractivity contribution is 8.00. The molecule has 0 unspecified atom stereocenters.